The molecule has 1 aromatic carbocycles. The van der Waals surface area contributed by atoms with Crippen LogP contribution in [0, 0.1) is 0 Å². The van der Waals surface area contributed by atoms with Crippen LogP contribution >= 0.6 is 39.0 Å². The van der Waals surface area contributed by atoms with E-state index in [1.165, 1.54) is 18.3 Å². The summed E-state index contributed by atoms with van der Waals surface area (Å²) >= 11 is 5.85. The molecule has 1 aromatic heterocycles. The van der Waals surface area contributed by atoms with Gasteiger partial charge < -0.3 is 4.57 Å². The number of thioether (sulfide) groups is 1. The van der Waals surface area contributed by atoms with E-state index in [1.54, 1.807) is 0 Å². The largest absolute Gasteiger partial charge is 0.319 e. The van der Waals surface area contributed by atoms with Crippen LogP contribution in [0.3, 0.4) is 0 Å². The lowest BCUT2D eigenvalue weighted by molar-refractivity contribution is -0.116. The van der Waals surface area contributed by atoms with Gasteiger partial charge in [0.05, 0.1) is 16.0 Å². The molecule has 1 amide bonds. The van der Waals surface area contributed by atoms with E-state index in [2.05, 4.69) is 20.9 Å². The molecule has 0 bridgehead atoms. The Hall–Kier alpha value is -0.920. The lowest BCUT2D eigenvalue weighted by Crippen LogP contribution is -2.14. The fraction of sp³-hybridized carbons (Fsp3) is 0.250. The third-order valence-electron chi connectivity index (χ3n) is 2.39. The smallest absolute Gasteiger partial charge is 0.258 e. The number of amides is 1. The molecule has 0 aliphatic carbocycles. The number of carbonyl (C=O) groups excluding carboxylic acids is 2. The monoisotopic (exact) mass is 358 g/mol. The van der Waals surface area contributed by atoms with Crippen molar-refractivity contribution >= 4 is 60.3 Å². The van der Waals surface area contributed by atoms with Gasteiger partial charge in [-0.05, 0) is 18.2 Å². The molecule has 0 saturated heterocycles. The molecule has 1 heterocycles. The molecule has 2 aromatic rings. The van der Waals surface area contributed by atoms with E-state index in [-0.39, 0.29) is 16.8 Å². The number of nitrogens with zero attached hydrogens (tertiary/aromatic N) is 2. The topological polar surface area (TPSA) is 51.4 Å². The fourth-order valence-electron chi connectivity index (χ4n) is 1.52. The van der Waals surface area contributed by atoms with E-state index in [1.807, 2.05) is 29.8 Å². The van der Waals surface area contributed by atoms with E-state index >= 15 is 0 Å². The lowest BCUT2D eigenvalue weighted by Gasteiger charge is -1.95. The highest BCUT2D eigenvalue weighted by molar-refractivity contribution is 9.10. The number of rotatable bonds is 2. The second-order valence-electron chi connectivity index (χ2n) is 3.84. The van der Waals surface area contributed by atoms with Gasteiger partial charge in [0.25, 0.3) is 5.91 Å². The van der Waals surface area contributed by atoms with Crippen molar-refractivity contribution in [3.05, 3.63) is 27.5 Å². The average Bonchev–Trinajstić information content (AvgIpc) is 2.63. The summed E-state index contributed by atoms with van der Waals surface area (Å²) in [6.45, 7) is 1.44. The van der Waals surface area contributed by atoms with Gasteiger partial charge in [-0.15, -0.1) is 0 Å². The number of benzene rings is 1. The lowest BCUT2D eigenvalue weighted by atomic mass is 10.3. The zero-order valence-corrected chi connectivity index (χ0v) is 13.6. The summed E-state index contributed by atoms with van der Waals surface area (Å²) in [5.74, 6) is -0.200. The first kappa shape index (κ1) is 14.5. The molecule has 19 heavy (non-hydrogen) atoms. The molecular formula is C12H11BrN2O2S2. The van der Waals surface area contributed by atoms with Gasteiger partial charge in [0.15, 0.2) is 9.92 Å². The van der Waals surface area contributed by atoms with Gasteiger partial charge in [-0.1, -0.05) is 39.0 Å². The molecule has 0 unspecified atom stereocenters. The van der Waals surface area contributed by atoms with Gasteiger partial charge in [0.1, 0.15) is 0 Å². The summed E-state index contributed by atoms with van der Waals surface area (Å²) in [5.41, 5.74) is 1.03. The molecule has 0 aliphatic rings. The number of thiazole rings is 1. The second kappa shape index (κ2) is 6.02. The van der Waals surface area contributed by atoms with Gasteiger partial charge in [-0.25, -0.2) is 0 Å². The van der Waals surface area contributed by atoms with Gasteiger partial charge in [0.2, 0.25) is 0 Å². The van der Waals surface area contributed by atoms with E-state index in [0.29, 0.717) is 4.80 Å². The van der Waals surface area contributed by atoms with Crippen LogP contribution in [-0.4, -0.2) is 21.3 Å². The Bertz CT molecular complexity index is 718. The molecular weight excluding hydrogens is 348 g/mol. The Morgan fingerprint density at radius 1 is 1.47 bits per heavy atom. The maximum absolute atomic E-state index is 11.7. The molecule has 4 nitrogen and oxygen atoms in total. The van der Waals surface area contributed by atoms with Crippen LogP contribution in [0.2, 0.25) is 0 Å². The van der Waals surface area contributed by atoms with Gasteiger partial charge >= 0.3 is 0 Å². The molecule has 0 atom stereocenters. The average molecular weight is 359 g/mol. The summed E-state index contributed by atoms with van der Waals surface area (Å²) < 4.78 is 3.93. The minimum absolute atomic E-state index is 0.0757. The first-order valence-electron chi connectivity index (χ1n) is 5.43. The van der Waals surface area contributed by atoms with Gasteiger partial charge in [-0.3, -0.25) is 9.59 Å². The van der Waals surface area contributed by atoms with E-state index in [9.17, 15) is 9.59 Å². The molecule has 0 fully saturated rings. The molecule has 0 radical (unpaired) electrons. The molecule has 100 valence electrons. The normalized spacial score (nSPS) is 12.1. The quantitative estimate of drug-likeness (QED) is 0.829. The number of hydrogen-bond donors (Lipinski definition) is 0. The Kier molecular flexibility index (Phi) is 4.59. The molecule has 0 aliphatic heterocycles. The zero-order valence-electron chi connectivity index (χ0n) is 10.3. The van der Waals surface area contributed by atoms with E-state index < -0.39 is 0 Å². The third-order valence-corrected chi connectivity index (χ3v) is 4.78. The molecule has 2 rings (SSSR count). The van der Waals surface area contributed by atoms with E-state index in [4.69, 9.17) is 0 Å². The predicted molar refractivity (Wildman–Crippen MR) is 82.2 cm³/mol. The van der Waals surface area contributed by atoms with Gasteiger partial charge in [0, 0.05) is 18.4 Å². The number of aryl methyl sites for hydroxylation is 1. The molecule has 0 N–H and O–H groups in total. The van der Waals surface area contributed by atoms with Crippen molar-refractivity contribution in [3.63, 3.8) is 0 Å². The summed E-state index contributed by atoms with van der Waals surface area (Å²) in [4.78, 5) is 27.2. The maximum atomic E-state index is 11.7. The summed E-state index contributed by atoms with van der Waals surface area (Å²) in [6, 6.07) is 5.92. The van der Waals surface area contributed by atoms with Crippen LogP contribution in [0.4, 0.5) is 0 Å². The van der Waals surface area contributed by atoms with Crippen molar-refractivity contribution in [1.29, 1.82) is 0 Å². The van der Waals surface area contributed by atoms with Crippen molar-refractivity contribution in [2.45, 2.75) is 6.92 Å². The first-order chi connectivity index (χ1) is 8.97. The molecule has 0 spiro atoms. The Labute approximate surface area is 126 Å². The van der Waals surface area contributed by atoms with Crippen molar-refractivity contribution < 1.29 is 9.59 Å². The number of fused-ring (bicyclic) bond motifs is 1. The predicted octanol–water partition coefficient (Wildman–Crippen LogP) is 2.71. The number of hydrogen-bond acceptors (Lipinski definition) is 4. The fourth-order valence-corrected chi connectivity index (χ4v) is 3.50. The molecule has 7 heteroatoms. The Balaban J connectivity index is 2.37. The van der Waals surface area contributed by atoms with Crippen LogP contribution in [0.1, 0.15) is 6.92 Å². The summed E-state index contributed by atoms with van der Waals surface area (Å²) in [6.07, 6.45) is 0. The number of carbonyl (C=O) groups is 2. The Morgan fingerprint density at radius 2 is 2.21 bits per heavy atom. The Morgan fingerprint density at radius 3 is 2.89 bits per heavy atom. The summed E-state index contributed by atoms with van der Waals surface area (Å²) in [5, 5.41) is -0.0757. The van der Waals surface area contributed by atoms with Crippen LogP contribution in [0.15, 0.2) is 27.7 Å². The summed E-state index contributed by atoms with van der Waals surface area (Å²) in [7, 11) is 1.87. The van der Waals surface area contributed by atoms with Crippen LogP contribution in [0.25, 0.3) is 10.2 Å². The highest BCUT2D eigenvalue weighted by atomic mass is 79.9. The van der Waals surface area contributed by atoms with Crippen molar-refractivity contribution in [2.75, 3.05) is 5.75 Å². The standard InChI is InChI=1S/C12H11BrN2O2S2/c1-7(16)18-6-11(17)14-12-15(2)9-4-3-8(13)5-10(9)19-12/h3-5H,6H2,1-2H3. The highest BCUT2D eigenvalue weighted by Gasteiger charge is 2.06. The SMILES string of the molecule is CC(=O)SCC(=O)N=c1sc2cc(Br)ccc2n1C. The minimum Gasteiger partial charge on any atom is -0.319 e. The third kappa shape index (κ3) is 3.55. The second-order valence-corrected chi connectivity index (χ2v) is 6.92. The number of aromatic nitrogens is 1. The van der Waals surface area contributed by atoms with Gasteiger partial charge in [-0.2, -0.15) is 4.99 Å². The maximum Gasteiger partial charge on any atom is 0.258 e. The van der Waals surface area contributed by atoms with Crippen molar-refractivity contribution in [2.24, 2.45) is 12.0 Å². The highest BCUT2D eigenvalue weighted by Crippen LogP contribution is 2.21. The minimum atomic E-state index is -0.290. The van der Waals surface area contributed by atoms with Crippen molar-refractivity contribution in [3.8, 4) is 0 Å². The van der Waals surface area contributed by atoms with E-state index in [0.717, 1.165) is 26.5 Å². The van der Waals surface area contributed by atoms with Crippen LogP contribution in [0.5, 0.6) is 0 Å². The molecule has 0 saturated carbocycles. The van der Waals surface area contributed by atoms with Crippen molar-refractivity contribution in [1.82, 2.24) is 4.57 Å². The first-order valence-corrected chi connectivity index (χ1v) is 8.03. The zero-order chi connectivity index (χ0) is 14.0. The number of halogens is 1. The van der Waals surface area contributed by atoms with Crippen LogP contribution < -0.4 is 4.80 Å². The van der Waals surface area contributed by atoms with Crippen LogP contribution in [-0.2, 0) is 16.6 Å².